The summed E-state index contributed by atoms with van der Waals surface area (Å²) in [5, 5.41) is 0. The number of anilines is 2. The van der Waals surface area contributed by atoms with Gasteiger partial charge in [0.1, 0.15) is 24.3 Å². The number of hydrogen-bond donors (Lipinski definition) is 0. The second-order valence-corrected chi connectivity index (χ2v) is 7.79. The molecular formula is C19H24N6. The zero-order valence-corrected chi connectivity index (χ0v) is 14.7. The summed E-state index contributed by atoms with van der Waals surface area (Å²) >= 11 is 0. The minimum atomic E-state index is 0.667. The molecule has 0 bridgehead atoms. The third-order valence-corrected chi connectivity index (χ3v) is 6.17. The molecule has 0 radical (unpaired) electrons. The molecule has 5 rings (SSSR count). The van der Waals surface area contributed by atoms with Crippen LogP contribution in [0.4, 0.5) is 11.6 Å². The van der Waals surface area contributed by atoms with E-state index in [4.69, 9.17) is 0 Å². The molecule has 130 valence electrons. The van der Waals surface area contributed by atoms with Crippen molar-refractivity contribution in [2.75, 3.05) is 36.0 Å². The first-order chi connectivity index (χ1) is 12.3. The summed E-state index contributed by atoms with van der Waals surface area (Å²) in [5.74, 6) is 4.27. The van der Waals surface area contributed by atoms with Crippen LogP contribution in [0.3, 0.4) is 0 Å². The lowest BCUT2D eigenvalue weighted by atomic mass is 9.83. The number of rotatable bonds is 3. The molecule has 2 saturated heterocycles. The van der Waals surface area contributed by atoms with Gasteiger partial charge < -0.3 is 9.80 Å². The van der Waals surface area contributed by atoms with Crippen molar-refractivity contribution in [1.82, 2.24) is 19.9 Å². The van der Waals surface area contributed by atoms with Crippen molar-refractivity contribution in [3.05, 3.63) is 36.2 Å². The highest BCUT2D eigenvalue weighted by atomic mass is 15.3. The van der Waals surface area contributed by atoms with E-state index < -0.39 is 0 Å². The molecule has 3 fully saturated rings. The van der Waals surface area contributed by atoms with E-state index in [1.807, 2.05) is 6.20 Å². The molecule has 0 N–H and O–H groups in total. The Morgan fingerprint density at radius 3 is 2.36 bits per heavy atom. The Morgan fingerprint density at radius 2 is 1.68 bits per heavy atom. The van der Waals surface area contributed by atoms with E-state index in [1.165, 1.54) is 30.5 Å². The third-order valence-electron chi connectivity index (χ3n) is 6.17. The number of aromatic nitrogens is 4. The van der Waals surface area contributed by atoms with Crippen molar-refractivity contribution in [3.63, 3.8) is 0 Å². The molecule has 2 aromatic heterocycles. The molecule has 25 heavy (non-hydrogen) atoms. The fraction of sp³-hybridized carbons (Fsp3) is 0.579. The van der Waals surface area contributed by atoms with Crippen molar-refractivity contribution in [3.8, 4) is 0 Å². The Balaban J connectivity index is 1.29. The SMILES string of the molecule is Cc1cncnc1N1CC2CN(c3cc(C4CCC4)ncn3)CC2C1. The lowest BCUT2D eigenvalue weighted by Gasteiger charge is -2.27. The molecule has 6 nitrogen and oxygen atoms in total. The standard InChI is InChI=1S/C19H24N6/c1-13-6-20-11-23-19(13)25-9-15-7-24(8-16(15)10-25)18-5-17(21-12-22-18)14-3-2-4-14/h5-6,11-12,14-16H,2-4,7-10H2,1H3. The van der Waals surface area contributed by atoms with Crippen LogP contribution in [0.15, 0.2) is 24.9 Å². The molecule has 2 atom stereocenters. The van der Waals surface area contributed by atoms with E-state index in [1.54, 1.807) is 12.7 Å². The van der Waals surface area contributed by atoms with Crippen LogP contribution in [0.1, 0.15) is 36.4 Å². The summed E-state index contributed by atoms with van der Waals surface area (Å²) in [4.78, 5) is 22.6. The van der Waals surface area contributed by atoms with Gasteiger partial charge in [0.2, 0.25) is 0 Å². The molecule has 2 aliphatic heterocycles. The average molecular weight is 336 g/mol. The molecule has 1 saturated carbocycles. The van der Waals surface area contributed by atoms with Gasteiger partial charge in [-0.25, -0.2) is 19.9 Å². The second-order valence-electron chi connectivity index (χ2n) is 7.79. The minimum Gasteiger partial charge on any atom is -0.356 e. The van der Waals surface area contributed by atoms with Crippen LogP contribution in [0.2, 0.25) is 0 Å². The second kappa shape index (κ2) is 5.93. The first kappa shape index (κ1) is 15.0. The van der Waals surface area contributed by atoms with E-state index in [-0.39, 0.29) is 0 Å². The highest BCUT2D eigenvalue weighted by Gasteiger charge is 2.41. The lowest BCUT2D eigenvalue weighted by Crippen LogP contribution is -2.30. The van der Waals surface area contributed by atoms with Crippen LogP contribution in [-0.2, 0) is 0 Å². The zero-order valence-electron chi connectivity index (χ0n) is 14.7. The molecule has 4 heterocycles. The summed E-state index contributed by atoms with van der Waals surface area (Å²) < 4.78 is 0. The van der Waals surface area contributed by atoms with Gasteiger partial charge in [0.25, 0.3) is 0 Å². The predicted octanol–water partition coefficient (Wildman–Crippen LogP) is 2.42. The van der Waals surface area contributed by atoms with Crippen LogP contribution in [-0.4, -0.2) is 46.1 Å². The fourth-order valence-electron chi connectivity index (χ4n) is 4.54. The fourth-order valence-corrected chi connectivity index (χ4v) is 4.54. The normalized spacial score (nSPS) is 26.0. The number of hydrogen-bond acceptors (Lipinski definition) is 6. The van der Waals surface area contributed by atoms with Crippen molar-refractivity contribution < 1.29 is 0 Å². The largest absolute Gasteiger partial charge is 0.356 e. The van der Waals surface area contributed by atoms with Gasteiger partial charge in [-0.1, -0.05) is 6.42 Å². The maximum absolute atomic E-state index is 4.56. The van der Waals surface area contributed by atoms with Crippen LogP contribution >= 0.6 is 0 Å². The van der Waals surface area contributed by atoms with Gasteiger partial charge in [-0.15, -0.1) is 0 Å². The molecule has 2 aromatic rings. The van der Waals surface area contributed by atoms with Gasteiger partial charge >= 0.3 is 0 Å². The highest BCUT2D eigenvalue weighted by molar-refractivity contribution is 5.48. The Morgan fingerprint density at radius 1 is 0.920 bits per heavy atom. The smallest absolute Gasteiger partial charge is 0.134 e. The van der Waals surface area contributed by atoms with Gasteiger partial charge in [0.05, 0.1) is 0 Å². The third kappa shape index (κ3) is 2.64. The van der Waals surface area contributed by atoms with Crippen molar-refractivity contribution >= 4 is 11.6 Å². The van der Waals surface area contributed by atoms with E-state index in [9.17, 15) is 0 Å². The van der Waals surface area contributed by atoms with Crippen LogP contribution in [0.5, 0.6) is 0 Å². The summed E-state index contributed by atoms with van der Waals surface area (Å²) in [6, 6.07) is 2.23. The summed E-state index contributed by atoms with van der Waals surface area (Å²) in [5.41, 5.74) is 2.41. The van der Waals surface area contributed by atoms with Crippen molar-refractivity contribution in [2.45, 2.75) is 32.1 Å². The summed E-state index contributed by atoms with van der Waals surface area (Å²) in [6.45, 7) is 6.44. The molecule has 3 aliphatic rings. The van der Waals surface area contributed by atoms with Gasteiger partial charge in [0, 0.05) is 67.5 Å². The van der Waals surface area contributed by atoms with Gasteiger partial charge in [0.15, 0.2) is 0 Å². The number of aryl methyl sites for hydroxylation is 1. The molecule has 0 aromatic carbocycles. The average Bonchev–Trinajstić information content (AvgIpc) is 3.13. The number of nitrogens with zero attached hydrogens (tertiary/aromatic N) is 6. The minimum absolute atomic E-state index is 0.667. The molecule has 2 unspecified atom stereocenters. The first-order valence-corrected chi connectivity index (χ1v) is 9.36. The monoisotopic (exact) mass is 336 g/mol. The zero-order chi connectivity index (χ0) is 16.8. The summed E-state index contributed by atoms with van der Waals surface area (Å²) in [6.07, 6.45) is 9.24. The Kier molecular flexibility index (Phi) is 3.57. The number of fused-ring (bicyclic) bond motifs is 1. The quantitative estimate of drug-likeness (QED) is 0.858. The Labute approximate surface area is 148 Å². The highest BCUT2D eigenvalue weighted by Crippen LogP contribution is 2.38. The van der Waals surface area contributed by atoms with E-state index in [2.05, 4.69) is 42.7 Å². The maximum Gasteiger partial charge on any atom is 0.134 e. The van der Waals surface area contributed by atoms with Crippen LogP contribution in [0, 0.1) is 18.8 Å². The van der Waals surface area contributed by atoms with Crippen LogP contribution < -0.4 is 9.80 Å². The molecule has 6 heteroatoms. The Bertz CT molecular complexity index is 760. The molecule has 0 spiro atoms. The Hall–Kier alpha value is -2.24. The first-order valence-electron chi connectivity index (χ1n) is 9.36. The maximum atomic E-state index is 4.56. The van der Waals surface area contributed by atoms with E-state index in [0.717, 1.165) is 37.8 Å². The molecular weight excluding hydrogens is 312 g/mol. The van der Waals surface area contributed by atoms with Gasteiger partial charge in [-0.3, -0.25) is 0 Å². The van der Waals surface area contributed by atoms with Gasteiger partial charge in [-0.05, 0) is 19.8 Å². The van der Waals surface area contributed by atoms with Gasteiger partial charge in [-0.2, -0.15) is 0 Å². The predicted molar refractivity (Wildman–Crippen MR) is 96.8 cm³/mol. The van der Waals surface area contributed by atoms with Crippen LogP contribution in [0.25, 0.3) is 0 Å². The van der Waals surface area contributed by atoms with E-state index >= 15 is 0 Å². The summed E-state index contributed by atoms with van der Waals surface area (Å²) in [7, 11) is 0. The van der Waals surface area contributed by atoms with E-state index in [0.29, 0.717) is 17.8 Å². The lowest BCUT2D eigenvalue weighted by molar-refractivity contribution is 0.410. The molecule has 1 aliphatic carbocycles. The van der Waals surface area contributed by atoms with Crippen molar-refractivity contribution in [1.29, 1.82) is 0 Å². The van der Waals surface area contributed by atoms with Crippen molar-refractivity contribution in [2.24, 2.45) is 11.8 Å². The topological polar surface area (TPSA) is 58.0 Å². The molecule has 0 amide bonds.